The van der Waals surface area contributed by atoms with E-state index in [4.69, 9.17) is 4.74 Å². The highest BCUT2D eigenvalue weighted by Gasteiger charge is 2.32. The van der Waals surface area contributed by atoms with Crippen LogP contribution in [0, 0.1) is 5.82 Å². The maximum Gasteiger partial charge on any atom is 0.407 e. The predicted molar refractivity (Wildman–Crippen MR) is 132 cm³/mol. The molecule has 2 aliphatic rings. The lowest BCUT2D eigenvalue weighted by Crippen LogP contribution is -2.47. The van der Waals surface area contributed by atoms with Gasteiger partial charge in [0.1, 0.15) is 11.4 Å². The summed E-state index contributed by atoms with van der Waals surface area (Å²) in [6.07, 6.45) is 6.15. The van der Waals surface area contributed by atoms with E-state index in [1.165, 1.54) is 6.07 Å². The normalized spacial score (nSPS) is 22.3. The van der Waals surface area contributed by atoms with Crippen LogP contribution in [0.25, 0.3) is 0 Å². The Morgan fingerprint density at radius 1 is 1.20 bits per heavy atom. The first-order valence-electron chi connectivity index (χ1n) is 12.3. The second kappa shape index (κ2) is 10.7. The molecule has 1 aromatic heterocycles. The van der Waals surface area contributed by atoms with Crippen molar-refractivity contribution in [3.05, 3.63) is 65.2 Å². The molecule has 0 radical (unpaired) electrons. The second-order valence-corrected chi connectivity index (χ2v) is 10.6. The minimum absolute atomic E-state index is 0.0327. The van der Waals surface area contributed by atoms with Crippen LogP contribution in [0.4, 0.5) is 9.18 Å². The van der Waals surface area contributed by atoms with Crippen molar-refractivity contribution in [2.24, 2.45) is 0 Å². The average Bonchev–Trinajstić information content (AvgIpc) is 3.20. The van der Waals surface area contributed by atoms with Crippen molar-refractivity contribution < 1.29 is 18.7 Å². The number of nitrogens with one attached hydrogen (secondary N) is 2. The zero-order valence-electron chi connectivity index (χ0n) is 20.7. The molecule has 4 rings (SSSR count). The van der Waals surface area contributed by atoms with E-state index >= 15 is 0 Å². The molecular formula is C27H35FN4O3. The third kappa shape index (κ3) is 7.01. The fraction of sp³-hybridized carbons (Fsp3) is 0.519. The number of carbonyl (C=O) groups excluding carboxylic acids is 2. The molecule has 7 nitrogen and oxygen atoms in total. The van der Waals surface area contributed by atoms with Crippen molar-refractivity contribution >= 4 is 12.0 Å². The molecular weight excluding hydrogens is 447 g/mol. The summed E-state index contributed by atoms with van der Waals surface area (Å²) in [4.78, 5) is 31.3. The number of fused-ring (bicyclic) bond motifs is 1. The topological polar surface area (TPSA) is 83.6 Å². The molecule has 1 unspecified atom stereocenters. The lowest BCUT2D eigenvalue weighted by atomic mass is 9.76. The molecule has 3 atom stereocenters. The molecule has 1 aromatic carbocycles. The van der Waals surface area contributed by atoms with E-state index in [0.717, 1.165) is 48.9 Å². The molecule has 2 N–H and O–H groups in total. The van der Waals surface area contributed by atoms with E-state index in [-0.39, 0.29) is 36.3 Å². The van der Waals surface area contributed by atoms with Gasteiger partial charge in [-0.15, -0.1) is 0 Å². The largest absolute Gasteiger partial charge is 0.444 e. The van der Waals surface area contributed by atoms with E-state index < -0.39 is 11.7 Å². The summed E-state index contributed by atoms with van der Waals surface area (Å²) in [7, 11) is 0. The maximum atomic E-state index is 13.9. The van der Waals surface area contributed by atoms with Crippen LogP contribution < -0.4 is 10.6 Å². The van der Waals surface area contributed by atoms with Crippen LogP contribution in [0.2, 0.25) is 0 Å². The van der Waals surface area contributed by atoms with Crippen LogP contribution in [-0.2, 0) is 22.4 Å². The van der Waals surface area contributed by atoms with Crippen molar-refractivity contribution in [2.45, 2.75) is 70.1 Å². The molecule has 2 aromatic rings. The highest BCUT2D eigenvalue weighted by atomic mass is 19.1. The fourth-order valence-corrected chi connectivity index (χ4v) is 5.10. The molecule has 188 valence electrons. The summed E-state index contributed by atoms with van der Waals surface area (Å²) < 4.78 is 19.2. The summed E-state index contributed by atoms with van der Waals surface area (Å²) in [5.74, 6) is -0.211. The first kappa shape index (κ1) is 25.1. The number of hydrogen-bond acceptors (Lipinski definition) is 5. The number of halogens is 1. The molecule has 0 spiro atoms. The Morgan fingerprint density at radius 2 is 2.03 bits per heavy atom. The molecule has 2 amide bonds. The average molecular weight is 483 g/mol. The summed E-state index contributed by atoms with van der Waals surface area (Å²) in [5.41, 5.74) is 2.65. The first-order chi connectivity index (χ1) is 16.7. The Bertz CT molecular complexity index is 1040. The van der Waals surface area contributed by atoms with Gasteiger partial charge in [0, 0.05) is 43.5 Å². The molecule has 2 heterocycles. The number of benzene rings is 1. The Balaban J connectivity index is 1.36. The van der Waals surface area contributed by atoms with E-state index in [0.29, 0.717) is 6.54 Å². The minimum Gasteiger partial charge on any atom is -0.444 e. The number of aromatic nitrogens is 1. The highest BCUT2D eigenvalue weighted by Crippen LogP contribution is 2.35. The molecule has 35 heavy (non-hydrogen) atoms. The summed E-state index contributed by atoms with van der Waals surface area (Å²) >= 11 is 0. The third-order valence-corrected chi connectivity index (χ3v) is 6.60. The van der Waals surface area contributed by atoms with Crippen LogP contribution in [0.1, 0.15) is 56.2 Å². The van der Waals surface area contributed by atoms with Crippen LogP contribution in [0.5, 0.6) is 0 Å². The number of likely N-dealkylation sites (tertiary alicyclic amines) is 1. The van der Waals surface area contributed by atoms with Crippen LogP contribution in [0.3, 0.4) is 0 Å². The summed E-state index contributed by atoms with van der Waals surface area (Å²) in [5, 5.41) is 6.15. The lowest BCUT2D eigenvalue weighted by molar-refractivity contribution is -0.123. The number of amides is 2. The van der Waals surface area contributed by atoms with Gasteiger partial charge in [-0.3, -0.25) is 14.7 Å². The van der Waals surface area contributed by atoms with E-state index in [1.807, 2.05) is 45.2 Å². The number of carbonyl (C=O) groups is 2. The predicted octanol–water partition coefficient (Wildman–Crippen LogP) is 3.58. The molecule has 1 saturated heterocycles. The van der Waals surface area contributed by atoms with Gasteiger partial charge in [0.25, 0.3) is 0 Å². The number of rotatable bonds is 6. The Hall–Kier alpha value is -3.00. The minimum atomic E-state index is -0.543. The molecule has 0 saturated carbocycles. The van der Waals surface area contributed by atoms with Crippen LogP contribution >= 0.6 is 0 Å². The number of ether oxygens (including phenoxy) is 1. The van der Waals surface area contributed by atoms with Crippen LogP contribution in [-0.4, -0.2) is 59.2 Å². The molecule has 1 fully saturated rings. The number of pyridine rings is 1. The second-order valence-electron chi connectivity index (χ2n) is 10.6. The quantitative estimate of drug-likeness (QED) is 0.658. The van der Waals surface area contributed by atoms with Gasteiger partial charge in [0.2, 0.25) is 5.91 Å². The number of nitrogens with zero attached hydrogens (tertiary/aromatic N) is 2. The number of hydrogen-bond donors (Lipinski definition) is 2. The smallest absolute Gasteiger partial charge is 0.407 e. The zero-order valence-corrected chi connectivity index (χ0v) is 20.7. The number of aryl methyl sites for hydroxylation is 1. The van der Waals surface area contributed by atoms with Crippen molar-refractivity contribution in [1.82, 2.24) is 20.5 Å². The van der Waals surface area contributed by atoms with Gasteiger partial charge >= 0.3 is 6.09 Å². The van der Waals surface area contributed by atoms with Crippen LogP contribution in [0.15, 0.2) is 42.7 Å². The molecule has 8 heteroatoms. The number of alkyl carbamates (subject to hydrolysis) is 1. The lowest BCUT2D eigenvalue weighted by Gasteiger charge is -2.35. The van der Waals surface area contributed by atoms with Gasteiger partial charge in [-0.05, 0) is 81.3 Å². The SMILES string of the molecule is CC(C)(C)OC(=O)NC1CCN(CC(=O)N[C@H]2CCc3cc(F)ccc3[C@H]2Cc2cccnc2)C1. The van der Waals surface area contributed by atoms with Gasteiger partial charge in [-0.1, -0.05) is 12.1 Å². The van der Waals surface area contributed by atoms with E-state index in [1.54, 1.807) is 12.3 Å². The monoisotopic (exact) mass is 482 g/mol. The van der Waals surface area contributed by atoms with Crippen molar-refractivity contribution in [1.29, 1.82) is 0 Å². The molecule has 1 aliphatic carbocycles. The van der Waals surface area contributed by atoms with E-state index in [2.05, 4.69) is 20.5 Å². The van der Waals surface area contributed by atoms with Gasteiger partial charge in [0.05, 0.1) is 6.54 Å². The van der Waals surface area contributed by atoms with Gasteiger partial charge in [0.15, 0.2) is 0 Å². The Morgan fingerprint density at radius 3 is 2.77 bits per heavy atom. The zero-order chi connectivity index (χ0) is 25.0. The standard InChI is InChI=1S/C27H35FN4O3/c1-27(2,3)35-26(34)30-21-10-12-32(16-21)17-25(33)31-24-9-6-19-14-20(28)7-8-22(19)23(24)13-18-5-4-11-29-15-18/h4-5,7-8,11,14-15,21,23-24H,6,9-10,12-13,16-17H2,1-3H3,(H,30,34)(H,31,33)/t21?,23-,24+/m1/s1. The van der Waals surface area contributed by atoms with Gasteiger partial charge in [-0.25, -0.2) is 9.18 Å². The maximum absolute atomic E-state index is 13.9. The van der Waals surface area contributed by atoms with Crippen molar-refractivity contribution in [2.75, 3.05) is 19.6 Å². The fourth-order valence-electron chi connectivity index (χ4n) is 5.10. The first-order valence-corrected chi connectivity index (χ1v) is 12.3. The van der Waals surface area contributed by atoms with Crippen molar-refractivity contribution in [3.63, 3.8) is 0 Å². The highest BCUT2D eigenvalue weighted by molar-refractivity contribution is 5.78. The molecule has 0 bridgehead atoms. The van der Waals surface area contributed by atoms with Crippen molar-refractivity contribution in [3.8, 4) is 0 Å². The van der Waals surface area contributed by atoms with E-state index in [9.17, 15) is 14.0 Å². The third-order valence-electron chi connectivity index (χ3n) is 6.60. The molecule has 1 aliphatic heterocycles. The van der Waals surface area contributed by atoms with Gasteiger partial charge in [-0.2, -0.15) is 0 Å². The Kier molecular flexibility index (Phi) is 7.69. The summed E-state index contributed by atoms with van der Waals surface area (Å²) in [6, 6.07) is 8.84. The summed E-state index contributed by atoms with van der Waals surface area (Å²) in [6.45, 7) is 7.12. The van der Waals surface area contributed by atoms with Gasteiger partial charge < -0.3 is 15.4 Å². The Labute approximate surface area is 206 Å².